The summed E-state index contributed by atoms with van der Waals surface area (Å²) in [7, 11) is 0. The number of thioether (sulfide) groups is 1. The van der Waals surface area contributed by atoms with Crippen molar-refractivity contribution >= 4 is 22.9 Å². The van der Waals surface area contributed by atoms with E-state index in [2.05, 4.69) is 0 Å². The van der Waals surface area contributed by atoms with E-state index in [0.717, 1.165) is 11.8 Å². The molecule has 0 spiro atoms. The number of hydrogen-bond donors (Lipinski definition) is 1. The predicted octanol–water partition coefficient (Wildman–Crippen LogP) is -0.0544. The summed E-state index contributed by atoms with van der Waals surface area (Å²) in [5.74, 6) is 5.30. The average Bonchev–Trinajstić information content (AvgIpc) is 1.83. The van der Waals surface area contributed by atoms with Gasteiger partial charge >= 0.3 is 5.24 Å². The van der Waals surface area contributed by atoms with E-state index in [-0.39, 0.29) is 11.1 Å². The second-order valence-corrected chi connectivity index (χ2v) is 2.67. The van der Waals surface area contributed by atoms with Crippen molar-refractivity contribution < 1.29 is 9.59 Å². The molecule has 2 amide bonds. The highest BCUT2D eigenvalue weighted by Gasteiger charge is 2.22. The fourth-order valence-electron chi connectivity index (χ4n) is 0.517. The second-order valence-electron chi connectivity index (χ2n) is 1.63. The second kappa shape index (κ2) is 2.36. The van der Waals surface area contributed by atoms with Gasteiger partial charge in [0, 0.05) is 12.2 Å². The maximum absolute atomic E-state index is 10.6. The summed E-state index contributed by atoms with van der Waals surface area (Å²) in [6, 6.07) is 0. The Morgan fingerprint density at radius 2 is 2.22 bits per heavy atom. The molecule has 50 valence electrons. The van der Waals surface area contributed by atoms with Crippen molar-refractivity contribution in [3.05, 3.63) is 0 Å². The maximum Gasteiger partial charge on any atom is 0.302 e. The Hall–Kier alpha value is -0.550. The number of nitrogens with two attached hydrogens (primary N) is 1. The Bertz CT molecular complexity index is 143. The minimum Gasteiger partial charge on any atom is -0.273 e. The van der Waals surface area contributed by atoms with Gasteiger partial charge in [0.15, 0.2) is 0 Å². The Morgan fingerprint density at radius 1 is 1.56 bits per heavy atom. The summed E-state index contributed by atoms with van der Waals surface area (Å²) in [5.41, 5.74) is 0. The third-order valence-electron chi connectivity index (χ3n) is 1.01. The number of carbonyl (C=O) groups is 2. The van der Waals surface area contributed by atoms with E-state index in [4.69, 9.17) is 5.84 Å². The molecule has 0 atom stereocenters. The van der Waals surface area contributed by atoms with Gasteiger partial charge in [0.1, 0.15) is 0 Å². The Kier molecular flexibility index (Phi) is 1.73. The Labute approximate surface area is 56.3 Å². The lowest BCUT2D eigenvalue weighted by Crippen LogP contribution is -2.43. The smallest absolute Gasteiger partial charge is 0.273 e. The summed E-state index contributed by atoms with van der Waals surface area (Å²) in [4.78, 5) is 21.1. The minimum atomic E-state index is -0.355. The van der Waals surface area contributed by atoms with Crippen LogP contribution in [0, 0.1) is 0 Å². The van der Waals surface area contributed by atoms with Crippen LogP contribution in [-0.2, 0) is 4.79 Å². The first-order valence-corrected chi connectivity index (χ1v) is 3.45. The molecule has 5 heteroatoms. The van der Waals surface area contributed by atoms with Crippen molar-refractivity contribution in [1.82, 2.24) is 5.01 Å². The summed E-state index contributed by atoms with van der Waals surface area (Å²) in [6.07, 6.45) is 0.368. The van der Waals surface area contributed by atoms with Crippen LogP contribution in [0.1, 0.15) is 6.42 Å². The number of imide groups is 1. The molecule has 1 fully saturated rings. The van der Waals surface area contributed by atoms with Crippen LogP contribution in [0.3, 0.4) is 0 Å². The van der Waals surface area contributed by atoms with Crippen LogP contribution in [-0.4, -0.2) is 21.9 Å². The van der Waals surface area contributed by atoms with Gasteiger partial charge in [0.05, 0.1) is 0 Å². The van der Waals surface area contributed by atoms with Gasteiger partial charge in [-0.3, -0.25) is 9.59 Å². The third-order valence-corrected chi connectivity index (χ3v) is 1.86. The van der Waals surface area contributed by atoms with Crippen molar-refractivity contribution in [3.8, 4) is 0 Å². The van der Waals surface area contributed by atoms with Gasteiger partial charge in [0.25, 0.3) is 0 Å². The lowest BCUT2D eigenvalue weighted by Gasteiger charge is -2.17. The molecule has 1 saturated heterocycles. The largest absolute Gasteiger partial charge is 0.302 e. The van der Waals surface area contributed by atoms with Gasteiger partial charge < -0.3 is 0 Å². The van der Waals surface area contributed by atoms with Gasteiger partial charge in [0.2, 0.25) is 5.91 Å². The van der Waals surface area contributed by atoms with Gasteiger partial charge in [-0.25, -0.2) is 10.9 Å². The van der Waals surface area contributed by atoms with Gasteiger partial charge in [-0.05, 0) is 0 Å². The molecule has 1 rings (SSSR count). The van der Waals surface area contributed by atoms with Crippen molar-refractivity contribution in [3.63, 3.8) is 0 Å². The maximum atomic E-state index is 10.6. The molecule has 1 heterocycles. The summed E-state index contributed by atoms with van der Waals surface area (Å²) >= 11 is 1.07. The summed E-state index contributed by atoms with van der Waals surface area (Å²) in [6.45, 7) is 0. The number of amides is 2. The van der Waals surface area contributed by atoms with Crippen LogP contribution >= 0.6 is 11.8 Å². The summed E-state index contributed by atoms with van der Waals surface area (Å²) in [5, 5.41) is 0.306. The number of hydrogen-bond acceptors (Lipinski definition) is 4. The zero-order valence-corrected chi connectivity index (χ0v) is 5.48. The summed E-state index contributed by atoms with van der Waals surface area (Å²) < 4.78 is 0. The predicted molar refractivity (Wildman–Crippen MR) is 33.5 cm³/mol. The topological polar surface area (TPSA) is 63.4 Å². The Balaban J connectivity index is 2.62. The molecule has 0 aromatic rings. The molecule has 0 aliphatic carbocycles. The number of rotatable bonds is 0. The molecule has 1 aliphatic rings. The van der Waals surface area contributed by atoms with E-state index in [1.54, 1.807) is 0 Å². The Morgan fingerprint density at radius 3 is 2.67 bits per heavy atom. The zero-order valence-electron chi connectivity index (χ0n) is 4.66. The van der Waals surface area contributed by atoms with Crippen molar-refractivity contribution in [2.75, 3.05) is 5.75 Å². The quantitative estimate of drug-likeness (QED) is 0.384. The van der Waals surface area contributed by atoms with Crippen LogP contribution in [0.15, 0.2) is 0 Å². The van der Waals surface area contributed by atoms with E-state index in [0.29, 0.717) is 17.2 Å². The van der Waals surface area contributed by atoms with Crippen molar-refractivity contribution in [1.29, 1.82) is 0 Å². The fraction of sp³-hybridized carbons (Fsp3) is 0.500. The van der Waals surface area contributed by atoms with Crippen LogP contribution in [0.4, 0.5) is 4.79 Å². The molecule has 2 N–H and O–H groups in total. The average molecular weight is 146 g/mol. The molecule has 0 bridgehead atoms. The first kappa shape index (κ1) is 6.57. The zero-order chi connectivity index (χ0) is 6.85. The molecular formula is C4H6N2O2S. The number of carbonyl (C=O) groups excluding carboxylic acids is 2. The monoisotopic (exact) mass is 146 g/mol. The highest BCUT2D eigenvalue weighted by Crippen LogP contribution is 2.14. The standard InChI is InChI=1S/C4H6N2O2S/c5-6-3(7)1-2-9-4(6)8/h1-2,5H2. The van der Waals surface area contributed by atoms with E-state index < -0.39 is 0 Å². The molecule has 0 radical (unpaired) electrons. The number of hydrazine groups is 1. The van der Waals surface area contributed by atoms with Gasteiger partial charge in [-0.1, -0.05) is 11.8 Å². The molecule has 0 saturated carbocycles. The van der Waals surface area contributed by atoms with E-state index in [1.807, 2.05) is 0 Å². The van der Waals surface area contributed by atoms with Gasteiger partial charge in [-0.15, -0.1) is 0 Å². The first-order valence-electron chi connectivity index (χ1n) is 2.46. The molecular weight excluding hydrogens is 140 g/mol. The van der Waals surface area contributed by atoms with E-state index in [1.165, 1.54) is 0 Å². The lowest BCUT2D eigenvalue weighted by atomic mass is 10.4. The highest BCUT2D eigenvalue weighted by molar-refractivity contribution is 8.13. The molecule has 1 aliphatic heterocycles. The molecule has 9 heavy (non-hydrogen) atoms. The van der Waals surface area contributed by atoms with E-state index in [9.17, 15) is 9.59 Å². The highest BCUT2D eigenvalue weighted by atomic mass is 32.2. The molecule has 0 aromatic carbocycles. The normalized spacial score (nSPS) is 20.8. The molecule has 4 nitrogen and oxygen atoms in total. The van der Waals surface area contributed by atoms with Gasteiger partial charge in [-0.2, -0.15) is 0 Å². The van der Waals surface area contributed by atoms with Crippen LogP contribution < -0.4 is 5.84 Å². The minimum absolute atomic E-state index is 0.293. The molecule has 0 aromatic heterocycles. The van der Waals surface area contributed by atoms with Crippen molar-refractivity contribution in [2.24, 2.45) is 5.84 Å². The van der Waals surface area contributed by atoms with E-state index >= 15 is 0 Å². The lowest BCUT2D eigenvalue weighted by molar-refractivity contribution is -0.127. The SMILES string of the molecule is NN1C(=O)CCSC1=O. The third kappa shape index (κ3) is 1.22. The first-order chi connectivity index (χ1) is 4.22. The van der Waals surface area contributed by atoms with Crippen LogP contribution in [0.25, 0.3) is 0 Å². The van der Waals surface area contributed by atoms with Crippen LogP contribution in [0.5, 0.6) is 0 Å². The number of nitrogens with zero attached hydrogens (tertiary/aromatic N) is 1. The molecule has 0 unspecified atom stereocenters. The van der Waals surface area contributed by atoms with Crippen molar-refractivity contribution in [2.45, 2.75) is 6.42 Å². The fourth-order valence-corrected chi connectivity index (χ4v) is 1.21. The van der Waals surface area contributed by atoms with Crippen LogP contribution in [0.2, 0.25) is 0 Å².